The molecule has 1 unspecified atom stereocenters. The van der Waals surface area contributed by atoms with Crippen LogP contribution in [0.15, 0.2) is 71.6 Å². The molecule has 4 aromatic rings. The molecule has 4 rings (SSSR count). The monoisotopic (exact) mass is 522 g/mol. The number of benzene rings is 3. The minimum absolute atomic E-state index is 0.0193. The average molecular weight is 523 g/mol. The summed E-state index contributed by atoms with van der Waals surface area (Å²) in [5.41, 5.74) is 4.31. The molecule has 0 aliphatic carbocycles. The Hall–Kier alpha value is -3.63. The molecule has 8 nitrogen and oxygen atoms in total. The zero-order valence-corrected chi connectivity index (χ0v) is 21.7. The van der Waals surface area contributed by atoms with Crippen molar-refractivity contribution in [3.05, 3.63) is 83.4 Å². The van der Waals surface area contributed by atoms with Gasteiger partial charge in [-0.05, 0) is 65.4 Å². The van der Waals surface area contributed by atoms with Crippen LogP contribution in [0, 0.1) is 0 Å². The first-order valence-electron chi connectivity index (χ1n) is 11.4. The number of fused-ring (bicyclic) bond motifs is 1. The van der Waals surface area contributed by atoms with Crippen LogP contribution in [0.1, 0.15) is 49.3 Å². The summed E-state index contributed by atoms with van der Waals surface area (Å²) in [7, 11) is -4.09. The lowest BCUT2D eigenvalue weighted by atomic mass is 9.91. The van der Waals surface area contributed by atoms with Crippen molar-refractivity contribution in [1.82, 2.24) is 13.5 Å². The van der Waals surface area contributed by atoms with Crippen molar-refractivity contribution in [2.24, 2.45) is 0 Å². The van der Waals surface area contributed by atoms with Gasteiger partial charge in [-0.2, -0.15) is 8.75 Å². The van der Waals surface area contributed by atoms with Gasteiger partial charge in [0.1, 0.15) is 11.0 Å². The number of nitrogens with one attached hydrogen (secondary N) is 2. The molecule has 0 fully saturated rings. The molecule has 0 radical (unpaired) electrons. The number of hydrogen-bond donors (Lipinski definition) is 2. The van der Waals surface area contributed by atoms with E-state index < -0.39 is 21.8 Å². The minimum atomic E-state index is -4.09. The van der Waals surface area contributed by atoms with Gasteiger partial charge in [-0.25, -0.2) is 13.1 Å². The van der Waals surface area contributed by atoms with Crippen molar-refractivity contribution >= 4 is 50.3 Å². The number of amides is 2. The summed E-state index contributed by atoms with van der Waals surface area (Å²) in [5.74, 6) is -1.44. The molecule has 2 N–H and O–H groups in total. The van der Waals surface area contributed by atoms with Gasteiger partial charge < -0.3 is 5.32 Å². The van der Waals surface area contributed by atoms with Crippen molar-refractivity contribution in [3.63, 3.8) is 0 Å². The summed E-state index contributed by atoms with van der Waals surface area (Å²) in [5, 5.41) is 2.73. The van der Waals surface area contributed by atoms with Crippen LogP contribution in [0.4, 0.5) is 5.69 Å². The summed E-state index contributed by atoms with van der Waals surface area (Å²) < 4.78 is 36.8. The normalized spacial score (nSPS) is 12.4. The first-order valence-corrected chi connectivity index (χ1v) is 13.6. The molecule has 3 aromatic carbocycles. The number of nitrogens with zero attached hydrogens (tertiary/aromatic N) is 2. The van der Waals surface area contributed by atoms with E-state index in [0.717, 1.165) is 22.9 Å². The van der Waals surface area contributed by atoms with Crippen LogP contribution >= 0.6 is 11.7 Å². The summed E-state index contributed by atoms with van der Waals surface area (Å²) in [4.78, 5) is 24.9. The van der Waals surface area contributed by atoms with E-state index in [2.05, 4.69) is 18.8 Å². The van der Waals surface area contributed by atoms with Crippen LogP contribution in [-0.4, -0.2) is 29.0 Å². The molecule has 1 atom stereocenters. The molecule has 0 bridgehead atoms. The summed E-state index contributed by atoms with van der Waals surface area (Å²) in [6.07, 6.45) is 0.212. The highest BCUT2D eigenvalue weighted by Crippen LogP contribution is 2.27. The Bertz CT molecular complexity index is 1510. The molecule has 2 amide bonds. The van der Waals surface area contributed by atoms with Gasteiger partial charge in [-0.1, -0.05) is 44.2 Å². The third-order valence-electron chi connectivity index (χ3n) is 5.78. The average Bonchev–Trinajstić information content (AvgIpc) is 3.30. The fraction of sp³-hybridized carbons (Fsp3) is 0.231. The van der Waals surface area contributed by atoms with Crippen LogP contribution in [0.5, 0.6) is 0 Å². The SMILES string of the molecule is CC(=O)Nc1cccc(CC(C(=O)NS(=O)(=O)c2ccc(C(C)C)cc2)c2ccc3nsnc3c2)c1. The lowest BCUT2D eigenvalue weighted by molar-refractivity contribution is -0.120. The summed E-state index contributed by atoms with van der Waals surface area (Å²) in [6.45, 7) is 5.45. The minimum Gasteiger partial charge on any atom is -0.326 e. The molecular weight excluding hydrogens is 496 g/mol. The molecule has 0 spiro atoms. The van der Waals surface area contributed by atoms with Crippen molar-refractivity contribution in [2.75, 3.05) is 5.32 Å². The van der Waals surface area contributed by atoms with Crippen molar-refractivity contribution in [3.8, 4) is 0 Å². The Morgan fingerprint density at radius 3 is 2.31 bits per heavy atom. The predicted molar refractivity (Wildman–Crippen MR) is 140 cm³/mol. The largest absolute Gasteiger partial charge is 0.326 e. The first-order chi connectivity index (χ1) is 17.1. The van der Waals surface area contributed by atoms with Gasteiger partial charge in [0.05, 0.1) is 22.5 Å². The Morgan fingerprint density at radius 1 is 0.917 bits per heavy atom. The van der Waals surface area contributed by atoms with E-state index in [0.29, 0.717) is 22.3 Å². The highest BCUT2D eigenvalue weighted by Gasteiger charge is 2.27. The van der Waals surface area contributed by atoms with Gasteiger partial charge in [0.2, 0.25) is 11.8 Å². The maximum absolute atomic E-state index is 13.5. The van der Waals surface area contributed by atoms with Crippen molar-refractivity contribution in [1.29, 1.82) is 0 Å². The second kappa shape index (κ2) is 10.5. The molecule has 10 heteroatoms. The number of sulfonamides is 1. The Morgan fingerprint density at radius 2 is 1.61 bits per heavy atom. The Balaban J connectivity index is 1.65. The predicted octanol–water partition coefficient (Wildman–Crippen LogP) is 4.60. The van der Waals surface area contributed by atoms with Gasteiger partial charge in [-0.3, -0.25) is 9.59 Å². The number of aromatic nitrogens is 2. The molecule has 0 saturated carbocycles. The fourth-order valence-electron chi connectivity index (χ4n) is 3.89. The van der Waals surface area contributed by atoms with Crippen molar-refractivity contribution in [2.45, 2.75) is 43.9 Å². The van der Waals surface area contributed by atoms with Crippen LogP contribution in [0.25, 0.3) is 11.0 Å². The van der Waals surface area contributed by atoms with E-state index in [-0.39, 0.29) is 23.1 Å². The fourth-order valence-corrected chi connectivity index (χ4v) is 5.42. The van der Waals surface area contributed by atoms with E-state index in [1.165, 1.54) is 19.1 Å². The molecule has 0 aliphatic rings. The zero-order chi connectivity index (χ0) is 25.9. The standard InChI is InChI=1S/C26H26N4O4S2/c1-16(2)19-7-10-22(11-8-19)36(33,34)30-26(32)23(20-9-12-24-25(15-20)29-35-28-24)14-18-5-4-6-21(13-18)27-17(3)31/h4-13,15-16,23H,14H2,1-3H3,(H,27,31)(H,30,32). The summed E-state index contributed by atoms with van der Waals surface area (Å²) >= 11 is 1.07. The van der Waals surface area contributed by atoms with E-state index in [4.69, 9.17) is 0 Å². The molecule has 1 heterocycles. The lowest BCUT2D eigenvalue weighted by Crippen LogP contribution is -2.35. The number of rotatable bonds is 8. The topological polar surface area (TPSA) is 118 Å². The molecule has 0 aliphatic heterocycles. The van der Waals surface area contributed by atoms with Gasteiger partial charge in [0.25, 0.3) is 10.0 Å². The van der Waals surface area contributed by atoms with Crippen LogP contribution in [0.2, 0.25) is 0 Å². The molecule has 0 saturated heterocycles. The van der Waals surface area contributed by atoms with Gasteiger partial charge >= 0.3 is 0 Å². The molecule has 1 aromatic heterocycles. The quantitative estimate of drug-likeness (QED) is 0.349. The Kier molecular flexibility index (Phi) is 7.46. The highest BCUT2D eigenvalue weighted by molar-refractivity contribution is 7.90. The molecule has 36 heavy (non-hydrogen) atoms. The van der Waals surface area contributed by atoms with E-state index >= 15 is 0 Å². The Labute approximate surface area is 214 Å². The van der Waals surface area contributed by atoms with Crippen LogP contribution in [0.3, 0.4) is 0 Å². The number of anilines is 1. The van der Waals surface area contributed by atoms with Gasteiger partial charge in [0.15, 0.2) is 0 Å². The number of carbonyl (C=O) groups excluding carboxylic acids is 2. The summed E-state index contributed by atoms with van der Waals surface area (Å²) in [6, 6.07) is 18.9. The van der Waals surface area contributed by atoms with Crippen molar-refractivity contribution < 1.29 is 18.0 Å². The lowest BCUT2D eigenvalue weighted by Gasteiger charge is -2.18. The van der Waals surface area contributed by atoms with Gasteiger partial charge in [-0.15, -0.1) is 0 Å². The highest BCUT2D eigenvalue weighted by atomic mass is 32.2. The maximum Gasteiger partial charge on any atom is 0.264 e. The van der Waals surface area contributed by atoms with E-state index in [1.807, 2.05) is 19.9 Å². The third kappa shape index (κ3) is 5.95. The smallest absolute Gasteiger partial charge is 0.264 e. The second-order valence-electron chi connectivity index (χ2n) is 8.84. The van der Waals surface area contributed by atoms with E-state index in [1.54, 1.807) is 48.5 Å². The van der Waals surface area contributed by atoms with Crippen LogP contribution in [-0.2, 0) is 26.0 Å². The zero-order valence-electron chi connectivity index (χ0n) is 20.1. The number of carbonyl (C=O) groups is 2. The number of hydrogen-bond acceptors (Lipinski definition) is 7. The van der Waals surface area contributed by atoms with E-state index in [9.17, 15) is 18.0 Å². The first kappa shape index (κ1) is 25.5. The third-order valence-corrected chi connectivity index (χ3v) is 7.70. The molecular formula is C26H26N4O4S2. The second-order valence-corrected chi connectivity index (χ2v) is 11.1. The maximum atomic E-state index is 13.5. The molecule has 186 valence electrons. The van der Waals surface area contributed by atoms with Crippen LogP contribution < -0.4 is 10.0 Å². The van der Waals surface area contributed by atoms with Gasteiger partial charge in [0, 0.05) is 12.6 Å².